The van der Waals surface area contributed by atoms with Crippen molar-refractivity contribution in [2.24, 2.45) is 0 Å². The van der Waals surface area contributed by atoms with Crippen LogP contribution in [0.4, 0.5) is 5.69 Å². The van der Waals surface area contributed by atoms with E-state index in [4.69, 9.17) is 0 Å². The number of anilines is 1. The summed E-state index contributed by atoms with van der Waals surface area (Å²) in [6, 6.07) is 14.6. The van der Waals surface area contributed by atoms with Crippen LogP contribution in [0.2, 0.25) is 0 Å². The van der Waals surface area contributed by atoms with E-state index in [1.165, 1.54) is 11.1 Å². The van der Waals surface area contributed by atoms with Gasteiger partial charge in [0.05, 0.1) is 6.42 Å². The van der Waals surface area contributed by atoms with E-state index in [-0.39, 0.29) is 5.91 Å². The van der Waals surface area contributed by atoms with Crippen LogP contribution in [0, 0.1) is 6.92 Å². The number of fused-ring (bicyclic) bond motifs is 1. The third-order valence-corrected chi connectivity index (χ3v) is 3.12. The molecule has 2 aromatic carbocycles. The van der Waals surface area contributed by atoms with Gasteiger partial charge in [-0.2, -0.15) is 0 Å². The van der Waals surface area contributed by atoms with Gasteiger partial charge in [0.25, 0.3) is 0 Å². The van der Waals surface area contributed by atoms with Crippen molar-refractivity contribution in [1.82, 2.24) is 0 Å². The number of hydrogen-bond donors (Lipinski definition) is 1. The summed E-state index contributed by atoms with van der Waals surface area (Å²) in [4.78, 5) is 11.3. The van der Waals surface area contributed by atoms with E-state index in [0.29, 0.717) is 6.42 Å². The summed E-state index contributed by atoms with van der Waals surface area (Å²) >= 11 is 0. The fourth-order valence-corrected chi connectivity index (χ4v) is 2.14. The van der Waals surface area contributed by atoms with Crippen LogP contribution in [-0.4, -0.2) is 5.91 Å². The van der Waals surface area contributed by atoms with E-state index >= 15 is 0 Å². The number of carbonyl (C=O) groups excluding carboxylic acids is 1. The van der Waals surface area contributed by atoms with E-state index in [1.807, 2.05) is 12.1 Å². The van der Waals surface area contributed by atoms with Crippen LogP contribution in [0.1, 0.15) is 11.1 Å². The predicted molar refractivity (Wildman–Crippen MR) is 68.9 cm³/mol. The van der Waals surface area contributed by atoms with Gasteiger partial charge in [-0.05, 0) is 29.7 Å². The van der Waals surface area contributed by atoms with Crippen molar-refractivity contribution >= 4 is 11.6 Å². The molecule has 3 rings (SSSR count). The summed E-state index contributed by atoms with van der Waals surface area (Å²) in [5.74, 6) is 0.0843. The molecule has 84 valence electrons. The zero-order valence-electron chi connectivity index (χ0n) is 9.66. The highest BCUT2D eigenvalue weighted by Crippen LogP contribution is 2.29. The van der Waals surface area contributed by atoms with Gasteiger partial charge >= 0.3 is 0 Å². The van der Waals surface area contributed by atoms with Gasteiger partial charge in [0.15, 0.2) is 0 Å². The van der Waals surface area contributed by atoms with Gasteiger partial charge in [0, 0.05) is 5.69 Å². The van der Waals surface area contributed by atoms with E-state index in [2.05, 4.69) is 42.6 Å². The number of carbonyl (C=O) groups is 1. The molecule has 0 aliphatic carbocycles. The van der Waals surface area contributed by atoms with Crippen molar-refractivity contribution in [3.8, 4) is 11.1 Å². The number of benzene rings is 2. The lowest BCUT2D eigenvalue weighted by atomic mass is 10.0. The lowest BCUT2D eigenvalue weighted by molar-refractivity contribution is -0.115. The number of aryl methyl sites for hydroxylation is 1. The summed E-state index contributed by atoms with van der Waals surface area (Å²) in [5, 5.41) is 2.88. The molecule has 0 radical (unpaired) electrons. The second kappa shape index (κ2) is 3.74. The molecular formula is C15H13NO. The van der Waals surface area contributed by atoms with Crippen LogP contribution in [0.5, 0.6) is 0 Å². The predicted octanol–water partition coefficient (Wildman–Crippen LogP) is 3.16. The molecule has 0 unspecified atom stereocenters. The zero-order valence-corrected chi connectivity index (χ0v) is 9.66. The Labute approximate surface area is 100 Å². The SMILES string of the molecule is Cc1ccc(-c2ccc3c(c2)NC(=O)C3)cc1. The molecule has 1 aliphatic heterocycles. The maximum Gasteiger partial charge on any atom is 0.228 e. The lowest BCUT2D eigenvalue weighted by Gasteiger charge is -2.05. The molecule has 0 saturated carbocycles. The molecule has 2 heteroatoms. The second-order valence-electron chi connectivity index (χ2n) is 4.46. The largest absolute Gasteiger partial charge is 0.326 e. The maximum absolute atomic E-state index is 11.3. The van der Waals surface area contributed by atoms with Crippen molar-refractivity contribution in [3.63, 3.8) is 0 Å². The van der Waals surface area contributed by atoms with Gasteiger partial charge in [-0.1, -0.05) is 42.0 Å². The Morgan fingerprint density at radius 3 is 2.47 bits per heavy atom. The Balaban J connectivity index is 2.03. The standard InChI is InChI=1S/C15H13NO/c1-10-2-4-11(5-3-10)12-6-7-13-9-15(17)16-14(13)8-12/h2-8H,9H2,1H3,(H,16,17). The van der Waals surface area contributed by atoms with E-state index in [9.17, 15) is 4.79 Å². The Morgan fingerprint density at radius 1 is 1.00 bits per heavy atom. The number of amides is 1. The first-order valence-electron chi connectivity index (χ1n) is 5.72. The summed E-state index contributed by atoms with van der Waals surface area (Å²) < 4.78 is 0. The fourth-order valence-electron chi connectivity index (χ4n) is 2.14. The van der Waals surface area contributed by atoms with Gasteiger partial charge in [-0.15, -0.1) is 0 Å². The van der Waals surface area contributed by atoms with Crippen molar-refractivity contribution in [3.05, 3.63) is 53.6 Å². The van der Waals surface area contributed by atoms with E-state index in [0.717, 1.165) is 16.8 Å². The van der Waals surface area contributed by atoms with Crippen LogP contribution in [0.25, 0.3) is 11.1 Å². The Hall–Kier alpha value is -2.09. The molecule has 1 aliphatic rings. The zero-order chi connectivity index (χ0) is 11.8. The fraction of sp³-hybridized carbons (Fsp3) is 0.133. The van der Waals surface area contributed by atoms with Crippen LogP contribution >= 0.6 is 0 Å². The van der Waals surface area contributed by atoms with E-state index < -0.39 is 0 Å². The average molecular weight is 223 g/mol. The molecule has 0 aromatic heterocycles. The van der Waals surface area contributed by atoms with E-state index in [1.54, 1.807) is 0 Å². The molecule has 0 saturated heterocycles. The molecular weight excluding hydrogens is 210 g/mol. The topological polar surface area (TPSA) is 29.1 Å². The Morgan fingerprint density at radius 2 is 1.71 bits per heavy atom. The molecule has 0 fully saturated rings. The number of rotatable bonds is 1. The van der Waals surface area contributed by atoms with Gasteiger partial charge in [-0.3, -0.25) is 4.79 Å². The molecule has 1 N–H and O–H groups in total. The minimum Gasteiger partial charge on any atom is -0.326 e. The first-order chi connectivity index (χ1) is 8.22. The Kier molecular flexibility index (Phi) is 2.22. The number of nitrogens with one attached hydrogen (secondary N) is 1. The minimum absolute atomic E-state index is 0.0843. The highest BCUT2D eigenvalue weighted by Gasteiger charge is 2.17. The highest BCUT2D eigenvalue weighted by molar-refractivity contribution is 5.99. The smallest absolute Gasteiger partial charge is 0.228 e. The quantitative estimate of drug-likeness (QED) is 0.790. The first kappa shape index (κ1) is 10.1. The third-order valence-electron chi connectivity index (χ3n) is 3.12. The molecule has 0 bridgehead atoms. The van der Waals surface area contributed by atoms with Crippen molar-refractivity contribution in [1.29, 1.82) is 0 Å². The van der Waals surface area contributed by atoms with Crippen LogP contribution < -0.4 is 5.32 Å². The highest BCUT2D eigenvalue weighted by atomic mass is 16.1. The monoisotopic (exact) mass is 223 g/mol. The van der Waals surface area contributed by atoms with Gasteiger partial charge in [-0.25, -0.2) is 0 Å². The van der Waals surface area contributed by atoms with Crippen molar-refractivity contribution < 1.29 is 4.79 Å². The molecule has 17 heavy (non-hydrogen) atoms. The van der Waals surface area contributed by atoms with Crippen LogP contribution in [0.15, 0.2) is 42.5 Å². The lowest BCUT2D eigenvalue weighted by Crippen LogP contribution is -2.03. The molecule has 1 amide bonds. The molecule has 0 spiro atoms. The van der Waals surface area contributed by atoms with Gasteiger partial charge in [0.2, 0.25) is 5.91 Å². The molecule has 2 nitrogen and oxygen atoms in total. The van der Waals surface area contributed by atoms with Crippen molar-refractivity contribution in [2.45, 2.75) is 13.3 Å². The van der Waals surface area contributed by atoms with Crippen LogP contribution in [0.3, 0.4) is 0 Å². The normalized spacial score (nSPS) is 13.4. The first-order valence-corrected chi connectivity index (χ1v) is 5.72. The summed E-state index contributed by atoms with van der Waals surface area (Å²) in [6.45, 7) is 2.08. The van der Waals surface area contributed by atoms with Crippen LogP contribution in [-0.2, 0) is 11.2 Å². The third kappa shape index (κ3) is 1.82. The molecule has 0 atom stereocenters. The molecule has 2 aromatic rings. The molecule has 1 heterocycles. The summed E-state index contributed by atoms with van der Waals surface area (Å²) in [6.07, 6.45) is 0.503. The Bertz CT molecular complexity index is 584. The van der Waals surface area contributed by atoms with Crippen molar-refractivity contribution in [2.75, 3.05) is 5.32 Å². The average Bonchev–Trinajstić information content (AvgIpc) is 2.69. The maximum atomic E-state index is 11.3. The summed E-state index contributed by atoms with van der Waals surface area (Å²) in [5.41, 5.74) is 5.62. The van der Waals surface area contributed by atoms with Gasteiger partial charge < -0.3 is 5.32 Å². The number of hydrogen-bond acceptors (Lipinski definition) is 1. The second-order valence-corrected chi connectivity index (χ2v) is 4.46. The van der Waals surface area contributed by atoms with Gasteiger partial charge in [0.1, 0.15) is 0 Å². The summed E-state index contributed by atoms with van der Waals surface area (Å²) in [7, 11) is 0. The minimum atomic E-state index is 0.0843.